The van der Waals surface area contributed by atoms with Crippen molar-refractivity contribution < 1.29 is 28.2 Å². The van der Waals surface area contributed by atoms with E-state index < -0.39 is 17.8 Å². The number of carbonyl (C=O) groups is 3. The first-order chi connectivity index (χ1) is 23.1. The Hall–Kier alpha value is -4.33. The molecule has 0 saturated carbocycles. The molecule has 14 heteroatoms. The van der Waals surface area contributed by atoms with E-state index in [0.29, 0.717) is 67.7 Å². The number of aromatic nitrogens is 1. The summed E-state index contributed by atoms with van der Waals surface area (Å²) in [5.41, 5.74) is 3.10. The first-order valence-corrected chi connectivity index (χ1v) is 17.0. The number of nitrogens with zero attached hydrogens (tertiary/aromatic N) is 5. The van der Waals surface area contributed by atoms with Crippen LogP contribution >= 0.6 is 22.9 Å². The van der Waals surface area contributed by atoms with E-state index in [0.717, 1.165) is 11.3 Å². The summed E-state index contributed by atoms with van der Waals surface area (Å²) in [5, 5.41) is 5.93. The number of amides is 2. The van der Waals surface area contributed by atoms with Crippen molar-refractivity contribution in [2.45, 2.75) is 44.9 Å². The fourth-order valence-electron chi connectivity index (χ4n) is 6.23. The highest BCUT2D eigenvalue weighted by atomic mass is 35.5. The Bertz CT molecular complexity index is 1750. The van der Waals surface area contributed by atoms with Gasteiger partial charge in [0.1, 0.15) is 11.9 Å². The van der Waals surface area contributed by atoms with Crippen molar-refractivity contribution in [2.24, 2.45) is 4.99 Å². The number of aryl methyl sites for hydroxylation is 1. The first kappa shape index (κ1) is 33.6. The number of aliphatic imine (C=N–C) groups is 1. The zero-order valence-corrected chi connectivity index (χ0v) is 28.4. The maximum absolute atomic E-state index is 14.0. The van der Waals surface area contributed by atoms with Crippen molar-refractivity contribution in [3.63, 3.8) is 0 Å². The van der Waals surface area contributed by atoms with Gasteiger partial charge in [0.2, 0.25) is 0 Å². The summed E-state index contributed by atoms with van der Waals surface area (Å²) in [5.74, 6) is -0.835. The van der Waals surface area contributed by atoms with Gasteiger partial charge < -0.3 is 19.7 Å². The van der Waals surface area contributed by atoms with Crippen LogP contribution in [0, 0.1) is 5.82 Å². The summed E-state index contributed by atoms with van der Waals surface area (Å²) in [6, 6.07) is 10.7. The first-order valence-electron chi connectivity index (χ1n) is 15.7. The van der Waals surface area contributed by atoms with Crippen LogP contribution in [0.1, 0.15) is 42.4 Å². The maximum atomic E-state index is 14.0. The quantitative estimate of drug-likeness (QED) is 0.296. The molecule has 2 fully saturated rings. The lowest BCUT2D eigenvalue weighted by Gasteiger charge is -2.38. The van der Waals surface area contributed by atoms with E-state index in [1.54, 1.807) is 11.1 Å². The molecule has 3 aliphatic rings. The molecule has 1 aromatic heterocycles. The predicted octanol–water partition coefficient (Wildman–Crippen LogP) is 4.96. The van der Waals surface area contributed by atoms with Crippen LogP contribution in [0.4, 0.5) is 14.9 Å². The molecule has 11 nitrogen and oxygen atoms in total. The van der Waals surface area contributed by atoms with E-state index in [4.69, 9.17) is 26.1 Å². The molecule has 1 N–H and O–H groups in total. The number of esters is 2. The molecule has 0 aliphatic carbocycles. The molecule has 252 valence electrons. The molecule has 4 heterocycles. The monoisotopic (exact) mass is 694 g/mol. The third kappa shape index (κ3) is 7.23. The third-order valence-electron chi connectivity index (χ3n) is 8.47. The molecule has 2 aromatic carbocycles. The van der Waals surface area contributed by atoms with E-state index in [1.807, 2.05) is 48.4 Å². The number of anilines is 1. The van der Waals surface area contributed by atoms with Crippen LogP contribution in [0.25, 0.3) is 0 Å². The molecule has 0 radical (unpaired) electrons. The smallest absolute Gasteiger partial charge is 0.338 e. The van der Waals surface area contributed by atoms with Gasteiger partial charge in [-0.2, -0.15) is 0 Å². The van der Waals surface area contributed by atoms with Crippen molar-refractivity contribution in [2.75, 3.05) is 44.7 Å². The van der Waals surface area contributed by atoms with Crippen molar-refractivity contribution in [3.05, 3.63) is 92.3 Å². The molecule has 3 aromatic rings. The summed E-state index contributed by atoms with van der Waals surface area (Å²) in [4.78, 5) is 53.8. The number of fused-ring (bicyclic) bond motifs is 1. The minimum Gasteiger partial charge on any atom is -0.466 e. The van der Waals surface area contributed by atoms with Gasteiger partial charge in [0.25, 0.3) is 0 Å². The van der Waals surface area contributed by atoms with Crippen molar-refractivity contribution >= 4 is 52.4 Å². The topological polar surface area (TPSA) is 117 Å². The van der Waals surface area contributed by atoms with Crippen LogP contribution in [0.2, 0.25) is 5.02 Å². The zero-order chi connectivity index (χ0) is 33.9. The number of benzene rings is 2. The van der Waals surface area contributed by atoms with E-state index in [1.165, 1.54) is 36.6 Å². The highest BCUT2D eigenvalue weighted by Crippen LogP contribution is 2.37. The zero-order valence-electron chi connectivity index (χ0n) is 26.8. The summed E-state index contributed by atoms with van der Waals surface area (Å²) in [6.45, 7) is 6.16. The fraction of sp³-hybridized carbons (Fsp3) is 0.382. The molecule has 1 unspecified atom stereocenters. The van der Waals surface area contributed by atoms with Gasteiger partial charge in [-0.3, -0.25) is 19.6 Å². The number of hydrogen-bond donors (Lipinski definition) is 1. The second-order valence-corrected chi connectivity index (χ2v) is 13.4. The molecular weight excluding hydrogens is 659 g/mol. The molecule has 0 spiro atoms. The molecule has 3 aliphatic heterocycles. The Labute approximate surface area is 287 Å². The van der Waals surface area contributed by atoms with Gasteiger partial charge in [0.15, 0.2) is 10.8 Å². The molecule has 6 rings (SSSR count). The lowest BCUT2D eigenvalue weighted by Crippen LogP contribution is -2.53. The maximum Gasteiger partial charge on any atom is 0.338 e. The van der Waals surface area contributed by atoms with Crippen LogP contribution in [0.15, 0.2) is 70.3 Å². The number of amidine groups is 1. The minimum absolute atomic E-state index is 0.0534. The number of carbonyl (C=O) groups excluding carboxylic acids is 3. The SMILES string of the molecule is COC(=O)C1=C(CN2CCN3C(=O)N(c4ccc(CCC(=O)OC(C)C)cc4)C[C@@H]3C2)NC(c2nccs2)=NC1c1ccc(F)cc1Cl. The average molecular weight is 695 g/mol. The number of piperazine rings is 1. The molecular formula is C34H36ClFN6O5S. The van der Waals surface area contributed by atoms with Gasteiger partial charge >= 0.3 is 18.0 Å². The summed E-state index contributed by atoms with van der Waals surface area (Å²) >= 11 is 7.89. The highest BCUT2D eigenvalue weighted by Gasteiger charge is 2.42. The summed E-state index contributed by atoms with van der Waals surface area (Å²) in [6.07, 6.45) is 2.38. The van der Waals surface area contributed by atoms with E-state index >= 15 is 0 Å². The minimum atomic E-state index is -0.852. The number of rotatable bonds is 10. The van der Waals surface area contributed by atoms with Gasteiger partial charge in [-0.05, 0) is 50.1 Å². The van der Waals surface area contributed by atoms with Crippen LogP contribution in [0.5, 0.6) is 0 Å². The fourth-order valence-corrected chi connectivity index (χ4v) is 7.09. The number of nitrogens with one attached hydrogen (secondary N) is 1. The standard InChI is InChI=1S/C34H36ClFN6O5S/c1-20(2)47-28(43)11-6-21-4-8-23(9-5-21)42-18-24-17-40(13-14-41(24)34(42)45)19-27-29(33(44)46-3)30(25-10-7-22(36)16-26(25)35)39-31(38-27)32-37-12-15-48-32/h4-5,7-10,12,15-16,20,24,30H,6,11,13-14,17-19H2,1-3H3,(H,38,39)/t24-,30?/m0/s1. The van der Waals surface area contributed by atoms with Gasteiger partial charge in [0, 0.05) is 72.7 Å². The predicted molar refractivity (Wildman–Crippen MR) is 181 cm³/mol. The van der Waals surface area contributed by atoms with Crippen LogP contribution in [-0.2, 0) is 25.5 Å². The normalized spacial score (nSPS) is 19.7. The second-order valence-electron chi connectivity index (χ2n) is 12.1. The number of ether oxygens (including phenoxy) is 2. The van der Waals surface area contributed by atoms with Crippen LogP contribution in [-0.4, -0.2) is 90.6 Å². The molecule has 48 heavy (non-hydrogen) atoms. The number of halogens is 2. The molecule has 0 bridgehead atoms. The van der Waals surface area contributed by atoms with Gasteiger partial charge in [-0.1, -0.05) is 29.8 Å². The van der Waals surface area contributed by atoms with Crippen LogP contribution < -0.4 is 10.2 Å². The lowest BCUT2D eigenvalue weighted by molar-refractivity contribution is -0.147. The Morgan fingerprint density at radius 1 is 1.15 bits per heavy atom. The summed E-state index contributed by atoms with van der Waals surface area (Å²) < 4.78 is 24.4. The van der Waals surface area contributed by atoms with Crippen LogP contribution in [0.3, 0.4) is 0 Å². The molecule has 2 saturated heterocycles. The Morgan fingerprint density at radius 2 is 1.94 bits per heavy atom. The van der Waals surface area contributed by atoms with Crippen molar-refractivity contribution in [1.82, 2.24) is 20.1 Å². The van der Waals surface area contributed by atoms with Gasteiger partial charge in [-0.25, -0.2) is 19.0 Å². The summed E-state index contributed by atoms with van der Waals surface area (Å²) in [7, 11) is 1.31. The largest absolute Gasteiger partial charge is 0.466 e. The Morgan fingerprint density at radius 3 is 2.62 bits per heavy atom. The third-order valence-corrected chi connectivity index (χ3v) is 9.58. The van der Waals surface area contributed by atoms with E-state index in [9.17, 15) is 18.8 Å². The molecule has 2 atom stereocenters. The molecule has 2 amide bonds. The number of urea groups is 1. The Kier molecular flexibility index (Phi) is 10.1. The average Bonchev–Trinajstić information content (AvgIpc) is 3.72. The number of thiazole rings is 1. The van der Waals surface area contributed by atoms with E-state index in [2.05, 4.69) is 15.2 Å². The highest BCUT2D eigenvalue weighted by molar-refractivity contribution is 7.11. The lowest BCUT2D eigenvalue weighted by atomic mass is 9.95. The van der Waals surface area contributed by atoms with Gasteiger partial charge in [0.05, 0.1) is 24.8 Å². The van der Waals surface area contributed by atoms with Crippen molar-refractivity contribution in [3.8, 4) is 0 Å². The number of methoxy groups -OCH3 is 1. The van der Waals surface area contributed by atoms with Gasteiger partial charge in [-0.15, -0.1) is 11.3 Å². The second kappa shape index (κ2) is 14.4. The Balaban J connectivity index is 1.19. The van der Waals surface area contributed by atoms with E-state index in [-0.39, 0.29) is 34.7 Å². The number of hydrogen-bond acceptors (Lipinski definition) is 10. The van der Waals surface area contributed by atoms with Crippen molar-refractivity contribution in [1.29, 1.82) is 0 Å².